The van der Waals surface area contributed by atoms with E-state index in [-0.39, 0.29) is 50.1 Å². The summed E-state index contributed by atoms with van der Waals surface area (Å²) in [5, 5.41) is 2.09. The van der Waals surface area contributed by atoms with Crippen LogP contribution in [0, 0.1) is 18.8 Å². The molecule has 46 heavy (non-hydrogen) atoms. The molecule has 1 aliphatic heterocycles. The molecule has 0 radical (unpaired) electrons. The number of hydrogen-bond donors (Lipinski definition) is 0. The van der Waals surface area contributed by atoms with E-state index in [1.54, 1.807) is 23.8 Å². The van der Waals surface area contributed by atoms with Gasteiger partial charge in [-0.15, -0.1) is 24.2 Å². The van der Waals surface area contributed by atoms with E-state index < -0.39 is 18.1 Å². The number of rotatable bonds is 5. The van der Waals surface area contributed by atoms with Crippen molar-refractivity contribution in [2.75, 3.05) is 9.80 Å². The molecular formula is C39H30N5OPt-3. The smallest absolute Gasteiger partial charge is 0.135 e. The number of pyridine rings is 2. The van der Waals surface area contributed by atoms with E-state index >= 15 is 0 Å². The Balaban J connectivity index is 0.00000406. The first-order valence-electron chi connectivity index (χ1n) is 17.1. The number of nitrogens with zero attached hydrogens (tertiary/aromatic N) is 5. The molecule has 0 spiro atoms. The Morgan fingerprint density at radius 3 is 2.33 bits per heavy atom. The maximum Gasteiger partial charge on any atom is 0.135 e. The standard InChI is InChI=1S/C39H30N5O.Pt/c1-39(2,3)27-19-21-40-37(23-27)44-33-14-8-7-13-31(33)32-18-17-30(25-36(32)44)45-38-24-29(20-22-41-38)43-26-42(28-11-5-4-6-12-28)34-15-9-10-16-35(34)43;/h4-23,26H,1-3H3;/q-3;/i4D,5D,6D,11D,12D;. The fourth-order valence-electron chi connectivity index (χ4n) is 5.68. The molecule has 0 amide bonds. The summed E-state index contributed by atoms with van der Waals surface area (Å²) in [4.78, 5) is 12.6. The Morgan fingerprint density at radius 2 is 1.52 bits per heavy atom. The van der Waals surface area contributed by atoms with Gasteiger partial charge in [-0.1, -0.05) is 74.7 Å². The third-order valence-corrected chi connectivity index (χ3v) is 7.88. The summed E-state index contributed by atoms with van der Waals surface area (Å²) in [5.41, 5.74) is 4.95. The molecule has 0 saturated heterocycles. The zero-order valence-corrected chi connectivity index (χ0v) is 27.5. The molecule has 0 atom stereocenters. The van der Waals surface area contributed by atoms with Gasteiger partial charge in [-0.2, -0.15) is 23.9 Å². The van der Waals surface area contributed by atoms with Crippen LogP contribution >= 0.6 is 0 Å². The van der Waals surface area contributed by atoms with Gasteiger partial charge < -0.3 is 19.1 Å². The predicted octanol–water partition coefficient (Wildman–Crippen LogP) is 9.67. The van der Waals surface area contributed by atoms with Crippen molar-refractivity contribution in [3.05, 3.63) is 146 Å². The number of fused-ring (bicyclic) bond motifs is 4. The first-order chi connectivity index (χ1) is 24.0. The van der Waals surface area contributed by atoms with E-state index in [1.807, 2.05) is 65.7 Å². The Labute approximate surface area is 290 Å². The van der Waals surface area contributed by atoms with Crippen molar-refractivity contribution in [3.8, 4) is 17.4 Å². The number of aromatic nitrogens is 3. The van der Waals surface area contributed by atoms with Gasteiger partial charge in [-0.3, -0.25) is 4.98 Å². The Hall–Kier alpha value is -4.93. The van der Waals surface area contributed by atoms with Gasteiger partial charge in [0.2, 0.25) is 0 Å². The van der Waals surface area contributed by atoms with Gasteiger partial charge in [-0.05, 0) is 65.0 Å². The Kier molecular flexibility index (Phi) is 6.23. The zero-order chi connectivity index (χ0) is 34.9. The molecule has 0 aliphatic carbocycles. The van der Waals surface area contributed by atoms with Crippen molar-refractivity contribution >= 4 is 44.6 Å². The van der Waals surface area contributed by atoms with Crippen LogP contribution in [0.5, 0.6) is 11.6 Å². The summed E-state index contributed by atoms with van der Waals surface area (Å²) in [6, 6.07) is 30.3. The van der Waals surface area contributed by atoms with E-state index in [1.165, 1.54) is 5.56 Å². The van der Waals surface area contributed by atoms with Crippen LogP contribution in [-0.2, 0) is 26.5 Å². The Morgan fingerprint density at radius 1 is 0.783 bits per heavy atom. The number of benzene rings is 4. The molecule has 7 aromatic rings. The maximum atomic E-state index is 8.57. The average Bonchev–Trinajstić information content (AvgIpc) is 3.66. The van der Waals surface area contributed by atoms with Crippen LogP contribution in [0.3, 0.4) is 0 Å². The van der Waals surface area contributed by atoms with Gasteiger partial charge in [-0.25, -0.2) is 4.98 Å². The molecule has 0 fully saturated rings. The molecule has 7 heteroatoms. The first-order valence-corrected chi connectivity index (χ1v) is 14.6. The first kappa shape index (κ1) is 24.3. The molecule has 4 aromatic carbocycles. The fourth-order valence-corrected chi connectivity index (χ4v) is 5.68. The van der Waals surface area contributed by atoms with Crippen molar-refractivity contribution in [2.45, 2.75) is 26.2 Å². The quantitative estimate of drug-likeness (QED) is 0.163. The third kappa shape index (κ3) is 5.23. The fraction of sp³-hybridized carbons (Fsp3) is 0.103. The van der Waals surface area contributed by atoms with Crippen LogP contribution in [0.25, 0.3) is 27.6 Å². The van der Waals surface area contributed by atoms with Crippen LogP contribution in [-0.4, -0.2) is 14.5 Å². The van der Waals surface area contributed by atoms with Gasteiger partial charge in [0.25, 0.3) is 0 Å². The average molecular weight is 785 g/mol. The molecular weight excluding hydrogens is 750 g/mol. The summed E-state index contributed by atoms with van der Waals surface area (Å²) < 4.78 is 50.0. The van der Waals surface area contributed by atoms with Crippen LogP contribution in [0.4, 0.5) is 22.7 Å². The predicted molar refractivity (Wildman–Crippen MR) is 181 cm³/mol. The van der Waals surface area contributed by atoms with Crippen LogP contribution in [0.1, 0.15) is 33.2 Å². The number of hydrogen-bond acceptors (Lipinski definition) is 5. The molecule has 6 nitrogen and oxygen atoms in total. The topological polar surface area (TPSA) is 46.4 Å². The van der Waals surface area contributed by atoms with Gasteiger partial charge in [0, 0.05) is 55.6 Å². The third-order valence-electron chi connectivity index (χ3n) is 7.88. The second kappa shape index (κ2) is 11.8. The van der Waals surface area contributed by atoms with E-state index in [4.69, 9.17) is 16.6 Å². The minimum Gasteiger partial charge on any atom is -0.503 e. The van der Waals surface area contributed by atoms with Crippen LogP contribution in [0.15, 0.2) is 121 Å². The molecule has 230 valence electrons. The monoisotopic (exact) mass is 784 g/mol. The normalized spacial score (nSPS) is 14.3. The van der Waals surface area contributed by atoms with E-state index in [0.29, 0.717) is 17.1 Å². The summed E-state index contributed by atoms with van der Waals surface area (Å²) in [5.74, 6) is 1.44. The van der Waals surface area contributed by atoms with E-state index in [9.17, 15) is 0 Å². The summed E-state index contributed by atoms with van der Waals surface area (Å²) in [6.07, 6.45) is 3.45. The molecule has 0 saturated carbocycles. The van der Waals surface area contributed by atoms with Gasteiger partial charge in [0.05, 0.1) is 6.85 Å². The molecule has 3 aromatic heterocycles. The molecule has 8 rings (SSSR count). The minimum atomic E-state index is -0.442. The van der Waals surface area contributed by atoms with Crippen molar-refractivity contribution in [1.82, 2.24) is 14.5 Å². The van der Waals surface area contributed by atoms with Crippen LogP contribution < -0.4 is 14.5 Å². The minimum absolute atomic E-state index is 0. The van der Waals surface area contributed by atoms with E-state index in [0.717, 1.165) is 33.3 Å². The molecule has 4 heterocycles. The van der Waals surface area contributed by atoms with Gasteiger partial charge >= 0.3 is 0 Å². The number of para-hydroxylation sites is 4. The summed E-state index contributed by atoms with van der Waals surface area (Å²) in [6.45, 7) is 8.22. The molecule has 0 bridgehead atoms. The van der Waals surface area contributed by atoms with Crippen molar-refractivity contribution < 1.29 is 32.7 Å². The largest absolute Gasteiger partial charge is 0.503 e. The zero-order valence-electron chi connectivity index (χ0n) is 30.2. The summed E-state index contributed by atoms with van der Waals surface area (Å²) in [7, 11) is 0. The van der Waals surface area contributed by atoms with E-state index in [2.05, 4.69) is 60.7 Å². The van der Waals surface area contributed by atoms with Crippen molar-refractivity contribution in [2.24, 2.45) is 0 Å². The number of anilines is 4. The van der Waals surface area contributed by atoms with Crippen molar-refractivity contribution in [3.63, 3.8) is 0 Å². The molecule has 0 unspecified atom stereocenters. The molecule has 0 N–H and O–H groups in total. The SMILES string of the molecule is [2H]c1c([2H])c([2H])c(N2[CH-]N(c3[c-]c(Oc4[c-]c5c(cc4)c4ccccc4n5-c4cc(C(C)(C)C)ccn4)ncc3)c3ccccc32)c([2H])c1[2H].[Pt]. The Bertz CT molecular complexity index is 2450. The van der Waals surface area contributed by atoms with Gasteiger partial charge in [0.15, 0.2) is 0 Å². The second-order valence-electron chi connectivity index (χ2n) is 11.8. The van der Waals surface area contributed by atoms with Crippen LogP contribution in [0.2, 0.25) is 0 Å². The maximum absolute atomic E-state index is 8.57. The summed E-state index contributed by atoms with van der Waals surface area (Å²) >= 11 is 0. The van der Waals surface area contributed by atoms with Gasteiger partial charge in [0.1, 0.15) is 11.7 Å². The van der Waals surface area contributed by atoms with Crippen molar-refractivity contribution in [1.29, 1.82) is 0 Å². The second-order valence-corrected chi connectivity index (χ2v) is 11.8. The molecule has 1 aliphatic rings. The number of ether oxygens (including phenoxy) is 1.